The van der Waals surface area contributed by atoms with Gasteiger partial charge in [-0.15, -0.1) is 0 Å². The quantitative estimate of drug-likeness (QED) is 0.282. The minimum atomic E-state index is 0.917. The lowest BCUT2D eigenvalue weighted by Gasteiger charge is -2.07. The molecule has 0 aliphatic heterocycles. The summed E-state index contributed by atoms with van der Waals surface area (Å²) in [6.45, 7) is 0. The third-order valence-electron chi connectivity index (χ3n) is 6.18. The number of aromatic nitrogens is 1. The largest absolute Gasteiger partial charge is 0.456 e. The van der Waals surface area contributed by atoms with E-state index in [0.717, 1.165) is 22.2 Å². The highest BCUT2D eigenvalue weighted by molar-refractivity contribution is 6.19. The zero-order valence-electron chi connectivity index (χ0n) is 16.2. The van der Waals surface area contributed by atoms with Crippen LogP contribution in [0.2, 0.25) is 0 Å². The van der Waals surface area contributed by atoms with Crippen molar-refractivity contribution in [3.05, 3.63) is 103 Å². The number of benzene rings is 5. The standard InChI is InChI=1S/C28H17NO/c1-2-8-20-18(7-1)13-16-26-28(20)23-15-14-19(17-27(23)30-26)29-24-11-5-3-9-21(24)22-10-4-6-12-25(22)29/h1-17H. The van der Waals surface area contributed by atoms with E-state index in [1.54, 1.807) is 0 Å². The van der Waals surface area contributed by atoms with Crippen molar-refractivity contribution < 1.29 is 4.42 Å². The molecular weight excluding hydrogens is 366 g/mol. The smallest absolute Gasteiger partial charge is 0.137 e. The highest BCUT2D eigenvalue weighted by Crippen LogP contribution is 2.37. The maximum atomic E-state index is 6.31. The maximum absolute atomic E-state index is 6.31. The summed E-state index contributed by atoms with van der Waals surface area (Å²) >= 11 is 0. The lowest BCUT2D eigenvalue weighted by molar-refractivity contribution is 0.669. The molecule has 2 aromatic heterocycles. The minimum absolute atomic E-state index is 0.917. The fourth-order valence-electron chi connectivity index (χ4n) is 4.87. The molecule has 0 N–H and O–H groups in total. The number of hydrogen-bond acceptors (Lipinski definition) is 1. The van der Waals surface area contributed by atoms with Crippen molar-refractivity contribution >= 4 is 54.5 Å². The molecule has 0 bridgehead atoms. The third kappa shape index (κ3) is 2.03. The molecule has 7 aromatic rings. The molecular formula is C28H17NO. The van der Waals surface area contributed by atoms with E-state index in [1.165, 1.54) is 38.0 Å². The Balaban J connectivity index is 1.58. The van der Waals surface area contributed by atoms with Crippen LogP contribution in [0.3, 0.4) is 0 Å². The Morgan fingerprint density at radius 3 is 1.93 bits per heavy atom. The fourth-order valence-corrected chi connectivity index (χ4v) is 4.87. The van der Waals surface area contributed by atoms with Gasteiger partial charge in [0.25, 0.3) is 0 Å². The zero-order valence-corrected chi connectivity index (χ0v) is 16.2. The van der Waals surface area contributed by atoms with Crippen LogP contribution >= 0.6 is 0 Å². The molecule has 140 valence electrons. The molecule has 2 nitrogen and oxygen atoms in total. The second-order valence-corrected chi connectivity index (χ2v) is 7.81. The van der Waals surface area contributed by atoms with E-state index in [1.807, 2.05) is 0 Å². The first-order valence-corrected chi connectivity index (χ1v) is 10.2. The molecule has 0 fully saturated rings. The van der Waals surface area contributed by atoms with Crippen molar-refractivity contribution in [3.63, 3.8) is 0 Å². The topological polar surface area (TPSA) is 18.1 Å². The molecule has 0 aliphatic rings. The van der Waals surface area contributed by atoms with Gasteiger partial charge in [-0.05, 0) is 41.1 Å². The average molecular weight is 383 g/mol. The van der Waals surface area contributed by atoms with E-state index in [9.17, 15) is 0 Å². The van der Waals surface area contributed by atoms with Crippen LogP contribution in [0.4, 0.5) is 0 Å². The van der Waals surface area contributed by atoms with Crippen molar-refractivity contribution in [2.45, 2.75) is 0 Å². The molecule has 0 saturated heterocycles. The van der Waals surface area contributed by atoms with E-state index in [-0.39, 0.29) is 0 Å². The van der Waals surface area contributed by atoms with Crippen molar-refractivity contribution in [1.82, 2.24) is 4.57 Å². The summed E-state index contributed by atoms with van der Waals surface area (Å²) in [5, 5.41) is 7.35. The molecule has 0 unspecified atom stereocenters. The van der Waals surface area contributed by atoms with E-state index < -0.39 is 0 Å². The summed E-state index contributed by atoms with van der Waals surface area (Å²) < 4.78 is 8.64. The summed E-state index contributed by atoms with van der Waals surface area (Å²) in [4.78, 5) is 0. The van der Waals surface area contributed by atoms with Gasteiger partial charge < -0.3 is 8.98 Å². The van der Waals surface area contributed by atoms with Crippen molar-refractivity contribution in [2.75, 3.05) is 0 Å². The average Bonchev–Trinajstić information content (AvgIpc) is 3.34. The molecule has 5 aromatic carbocycles. The Hall–Kier alpha value is -4.04. The van der Waals surface area contributed by atoms with Crippen LogP contribution in [0.15, 0.2) is 108 Å². The summed E-state index contributed by atoms with van der Waals surface area (Å²) in [7, 11) is 0. The highest BCUT2D eigenvalue weighted by atomic mass is 16.3. The normalized spacial score (nSPS) is 12.0. The van der Waals surface area contributed by atoms with Gasteiger partial charge in [0.1, 0.15) is 11.2 Å². The van der Waals surface area contributed by atoms with Crippen molar-refractivity contribution in [1.29, 1.82) is 0 Å². The number of para-hydroxylation sites is 2. The van der Waals surface area contributed by atoms with Gasteiger partial charge in [0.2, 0.25) is 0 Å². The van der Waals surface area contributed by atoms with Gasteiger partial charge in [0.15, 0.2) is 0 Å². The number of nitrogens with zero attached hydrogens (tertiary/aromatic N) is 1. The molecule has 0 atom stereocenters. The number of furan rings is 1. The predicted octanol–water partition coefficient (Wildman–Crippen LogP) is 7.84. The summed E-state index contributed by atoms with van der Waals surface area (Å²) in [5.74, 6) is 0. The van der Waals surface area contributed by atoms with Gasteiger partial charge >= 0.3 is 0 Å². The lowest BCUT2D eigenvalue weighted by atomic mass is 10.0. The van der Waals surface area contributed by atoms with Gasteiger partial charge in [-0.1, -0.05) is 66.7 Å². The van der Waals surface area contributed by atoms with E-state index in [0.29, 0.717) is 0 Å². The maximum Gasteiger partial charge on any atom is 0.137 e. The van der Waals surface area contributed by atoms with Gasteiger partial charge in [0, 0.05) is 33.3 Å². The Kier molecular flexibility index (Phi) is 3.03. The van der Waals surface area contributed by atoms with Crippen molar-refractivity contribution in [2.24, 2.45) is 0 Å². The Morgan fingerprint density at radius 1 is 0.500 bits per heavy atom. The minimum Gasteiger partial charge on any atom is -0.456 e. The first-order valence-electron chi connectivity index (χ1n) is 10.2. The van der Waals surface area contributed by atoms with Gasteiger partial charge in [0.05, 0.1) is 11.0 Å². The summed E-state index contributed by atoms with van der Waals surface area (Å²) in [6, 6.07) is 36.5. The van der Waals surface area contributed by atoms with Crippen LogP contribution in [-0.4, -0.2) is 4.57 Å². The first kappa shape index (κ1) is 15.8. The van der Waals surface area contributed by atoms with Crippen LogP contribution in [0.1, 0.15) is 0 Å². The van der Waals surface area contributed by atoms with Crippen LogP contribution < -0.4 is 0 Å². The summed E-state index contributed by atoms with van der Waals surface area (Å²) in [5.41, 5.74) is 5.38. The SMILES string of the molecule is c1ccc2c(c1)ccc1oc3cc(-n4c5ccccc5c5ccccc54)ccc3c12. The van der Waals surface area contributed by atoms with E-state index in [2.05, 4.69) is 108 Å². The van der Waals surface area contributed by atoms with Crippen LogP contribution in [0.25, 0.3) is 60.2 Å². The van der Waals surface area contributed by atoms with Crippen LogP contribution in [0, 0.1) is 0 Å². The second kappa shape index (κ2) is 5.74. The molecule has 0 radical (unpaired) electrons. The molecule has 2 heteroatoms. The Labute approximate surface area is 172 Å². The first-order chi connectivity index (χ1) is 14.9. The summed E-state index contributed by atoms with van der Waals surface area (Å²) in [6.07, 6.45) is 0. The molecule has 2 heterocycles. The van der Waals surface area contributed by atoms with Gasteiger partial charge in [-0.3, -0.25) is 0 Å². The number of fused-ring (bicyclic) bond motifs is 8. The molecule has 30 heavy (non-hydrogen) atoms. The Morgan fingerprint density at radius 2 is 1.17 bits per heavy atom. The Bertz CT molecular complexity index is 1700. The molecule has 0 saturated carbocycles. The number of hydrogen-bond donors (Lipinski definition) is 0. The fraction of sp³-hybridized carbons (Fsp3) is 0. The van der Waals surface area contributed by atoms with Gasteiger partial charge in [-0.25, -0.2) is 0 Å². The van der Waals surface area contributed by atoms with Crippen molar-refractivity contribution in [3.8, 4) is 5.69 Å². The van der Waals surface area contributed by atoms with Crippen LogP contribution in [-0.2, 0) is 0 Å². The number of rotatable bonds is 1. The van der Waals surface area contributed by atoms with E-state index >= 15 is 0 Å². The molecule has 0 spiro atoms. The third-order valence-corrected chi connectivity index (χ3v) is 6.18. The van der Waals surface area contributed by atoms with Crippen LogP contribution in [0.5, 0.6) is 0 Å². The van der Waals surface area contributed by atoms with E-state index in [4.69, 9.17) is 4.42 Å². The molecule has 0 aliphatic carbocycles. The second-order valence-electron chi connectivity index (χ2n) is 7.81. The zero-order chi connectivity index (χ0) is 19.7. The monoisotopic (exact) mass is 383 g/mol. The lowest BCUT2D eigenvalue weighted by Crippen LogP contribution is -1.93. The molecule has 7 rings (SSSR count). The molecule has 0 amide bonds. The van der Waals surface area contributed by atoms with Gasteiger partial charge in [-0.2, -0.15) is 0 Å². The highest BCUT2D eigenvalue weighted by Gasteiger charge is 2.14. The predicted molar refractivity (Wildman–Crippen MR) is 126 cm³/mol.